The van der Waals surface area contributed by atoms with Crippen molar-refractivity contribution in [3.8, 4) is 11.5 Å². The van der Waals surface area contributed by atoms with Gasteiger partial charge in [-0.3, -0.25) is 9.97 Å². The third-order valence-corrected chi connectivity index (χ3v) is 8.49. The van der Waals surface area contributed by atoms with Crippen molar-refractivity contribution < 1.29 is 28.6 Å². The fraction of sp³-hybridized carbons (Fsp3) is 0.375. The molecule has 55 heavy (non-hydrogen) atoms. The number of piperidine rings is 1. The lowest BCUT2D eigenvalue weighted by Crippen LogP contribution is -2.59. The van der Waals surface area contributed by atoms with Gasteiger partial charge in [-0.05, 0) is 88.6 Å². The smallest absolute Gasteiger partial charge is 0.410 e. The first kappa shape index (κ1) is 44.1. The third kappa shape index (κ3) is 14.5. The highest BCUT2D eigenvalue weighted by atomic mass is 35.5. The molecule has 2 aromatic carbocycles. The van der Waals surface area contributed by atoms with E-state index in [1.165, 1.54) is 0 Å². The molecule has 15 heteroatoms. The quantitative estimate of drug-likeness (QED) is 0.183. The minimum Gasteiger partial charge on any atom is -0.490 e. The van der Waals surface area contributed by atoms with Crippen molar-refractivity contribution in [3.63, 3.8) is 0 Å². The minimum absolute atomic E-state index is 0. The number of carbonyl (C=O) groups is 3. The molecule has 2 aromatic heterocycles. The number of nitrogens with zero attached hydrogens (tertiary/aromatic N) is 5. The zero-order valence-corrected chi connectivity index (χ0v) is 33.0. The summed E-state index contributed by atoms with van der Waals surface area (Å²) in [5.74, 6) is 1.34. The number of anilines is 2. The average Bonchev–Trinajstić information content (AvgIpc) is 3.17. The van der Waals surface area contributed by atoms with Gasteiger partial charge in [-0.25, -0.2) is 14.4 Å². The van der Waals surface area contributed by atoms with E-state index >= 15 is 0 Å². The lowest BCUT2D eigenvalue weighted by Gasteiger charge is -2.41. The van der Waals surface area contributed by atoms with Crippen molar-refractivity contribution in [1.82, 2.24) is 24.7 Å². The molecule has 0 spiro atoms. The van der Waals surface area contributed by atoms with Crippen molar-refractivity contribution in [1.29, 1.82) is 0 Å². The molecule has 13 nitrogen and oxygen atoms in total. The monoisotopic (exact) mass is 795 g/mol. The van der Waals surface area contributed by atoms with Crippen molar-refractivity contribution in [2.24, 2.45) is 0 Å². The largest absolute Gasteiger partial charge is 0.490 e. The fourth-order valence-electron chi connectivity index (χ4n) is 5.88. The Morgan fingerprint density at radius 2 is 1.18 bits per heavy atom. The molecule has 2 aliphatic rings. The van der Waals surface area contributed by atoms with Crippen molar-refractivity contribution >= 4 is 54.3 Å². The molecule has 4 heterocycles. The molecule has 2 unspecified atom stereocenters. The molecule has 296 valence electrons. The van der Waals surface area contributed by atoms with Gasteiger partial charge in [-0.15, -0.1) is 24.8 Å². The molecular formula is C40H51Cl2N7O6. The molecule has 6 rings (SSSR count). The summed E-state index contributed by atoms with van der Waals surface area (Å²) in [4.78, 5) is 51.3. The second kappa shape index (κ2) is 22.2. The van der Waals surface area contributed by atoms with Gasteiger partial charge < -0.3 is 39.5 Å². The molecule has 0 bridgehead atoms. The Morgan fingerprint density at radius 3 is 1.67 bits per heavy atom. The number of piperazine rings is 1. The molecule has 4 aromatic rings. The van der Waals surface area contributed by atoms with Crippen LogP contribution in [0.4, 0.5) is 25.8 Å². The molecule has 2 saturated heterocycles. The van der Waals surface area contributed by atoms with Crippen LogP contribution in [-0.4, -0.2) is 99.9 Å². The summed E-state index contributed by atoms with van der Waals surface area (Å²) in [6.45, 7) is 8.06. The van der Waals surface area contributed by atoms with Crippen LogP contribution >= 0.6 is 24.8 Å². The maximum atomic E-state index is 12.9. The number of rotatable bonds is 8. The summed E-state index contributed by atoms with van der Waals surface area (Å²) in [5, 5.41) is 5.87. The number of pyridine rings is 2. The van der Waals surface area contributed by atoms with Gasteiger partial charge in [0.2, 0.25) is 0 Å². The van der Waals surface area contributed by atoms with Gasteiger partial charge in [0.1, 0.15) is 30.3 Å². The van der Waals surface area contributed by atoms with Crippen molar-refractivity contribution in [3.05, 3.63) is 110 Å². The van der Waals surface area contributed by atoms with E-state index in [1.54, 1.807) is 46.7 Å². The van der Waals surface area contributed by atoms with Crippen LogP contribution in [0.3, 0.4) is 0 Å². The van der Waals surface area contributed by atoms with Gasteiger partial charge in [0, 0.05) is 49.9 Å². The number of para-hydroxylation sites is 2. The maximum Gasteiger partial charge on any atom is 0.410 e. The molecule has 2 aliphatic heterocycles. The second-order valence-electron chi connectivity index (χ2n) is 13.7. The SMILES string of the molecule is CC(C)(C)OC(=O)N1CCN(C(=O)Nc2ccccc2)C(COc2cccnc2)C1.Cl.Cl.O=C(Nc1ccccc1)N1CCCCC1COc1cccnc1. The van der Waals surface area contributed by atoms with E-state index in [0.29, 0.717) is 37.7 Å². The highest BCUT2D eigenvalue weighted by molar-refractivity contribution is 5.90. The molecule has 2 N–H and O–H groups in total. The number of carbonyl (C=O) groups excluding carboxylic acids is 3. The van der Waals surface area contributed by atoms with Gasteiger partial charge in [0.25, 0.3) is 0 Å². The van der Waals surface area contributed by atoms with E-state index < -0.39 is 11.7 Å². The lowest BCUT2D eigenvalue weighted by atomic mass is 10.0. The van der Waals surface area contributed by atoms with Crippen LogP contribution < -0.4 is 20.1 Å². The van der Waals surface area contributed by atoms with E-state index in [0.717, 1.165) is 37.2 Å². The van der Waals surface area contributed by atoms with E-state index in [-0.39, 0.29) is 55.6 Å². The van der Waals surface area contributed by atoms with Gasteiger partial charge in [0.15, 0.2) is 0 Å². The minimum atomic E-state index is -0.583. The number of hydrogen-bond acceptors (Lipinski definition) is 8. The Hall–Kier alpha value is -5.27. The number of aromatic nitrogens is 2. The van der Waals surface area contributed by atoms with E-state index in [4.69, 9.17) is 14.2 Å². The number of nitrogens with one attached hydrogen (secondary N) is 2. The summed E-state index contributed by atoms with van der Waals surface area (Å²) >= 11 is 0. The van der Waals surface area contributed by atoms with Crippen LogP contribution in [0.1, 0.15) is 40.0 Å². The van der Waals surface area contributed by atoms with Gasteiger partial charge in [-0.2, -0.15) is 0 Å². The number of likely N-dealkylation sites (tertiary alicyclic amines) is 1. The normalized spacial score (nSPS) is 16.5. The Morgan fingerprint density at radius 1 is 0.673 bits per heavy atom. The number of amides is 5. The molecule has 2 fully saturated rings. The maximum absolute atomic E-state index is 12.9. The topological polar surface area (TPSA) is 138 Å². The fourth-order valence-corrected chi connectivity index (χ4v) is 5.88. The second-order valence-corrected chi connectivity index (χ2v) is 13.7. The van der Waals surface area contributed by atoms with Crippen LogP contribution in [0.15, 0.2) is 110 Å². The highest BCUT2D eigenvalue weighted by Crippen LogP contribution is 2.21. The van der Waals surface area contributed by atoms with Crippen LogP contribution in [0.5, 0.6) is 11.5 Å². The summed E-state index contributed by atoms with van der Waals surface area (Å²) in [6, 6.07) is 25.6. The van der Waals surface area contributed by atoms with Crippen molar-refractivity contribution in [2.45, 2.75) is 57.7 Å². The Balaban J connectivity index is 0.000000294. The van der Waals surface area contributed by atoms with E-state index in [1.807, 2.05) is 98.5 Å². The molecule has 0 aliphatic carbocycles. The first-order valence-electron chi connectivity index (χ1n) is 17.9. The molecule has 0 radical (unpaired) electrons. The average molecular weight is 797 g/mol. The van der Waals surface area contributed by atoms with Crippen LogP contribution in [0.25, 0.3) is 0 Å². The Bertz CT molecular complexity index is 1720. The van der Waals surface area contributed by atoms with E-state index in [9.17, 15) is 14.4 Å². The molecular weight excluding hydrogens is 745 g/mol. The zero-order chi connectivity index (χ0) is 37.5. The Labute approximate surface area is 335 Å². The number of ether oxygens (including phenoxy) is 3. The Kier molecular flexibility index (Phi) is 17.8. The summed E-state index contributed by atoms with van der Waals surface area (Å²) in [5.41, 5.74) is 0.944. The predicted molar refractivity (Wildman–Crippen MR) is 218 cm³/mol. The number of hydrogen-bond donors (Lipinski definition) is 2. The van der Waals surface area contributed by atoms with Crippen LogP contribution in [0, 0.1) is 0 Å². The van der Waals surface area contributed by atoms with Crippen molar-refractivity contribution in [2.75, 3.05) is 50.0 Å². The number of urea groups is 2. The third-order valence-electron chi connectivity index (χ3n) is 8.49. The standard InChI is InChI=1S/C22H28N4O4.C18H21N3O2.2ClH/c1-22(2,3)30-21(28)25-12-13-26(20(27)24-17-8-5-4-6-9-17)18(15-25)16-29-19-10-7-11-23-14-19;22-18(20-15-7-2-1-3-8-15)21-12-5-4-9-16(21)14-23-17-10-6-11-19-13-17;;/h4-11,14,18H,12-13,15-16H2,1-3H3,(H,24,27);1-3,6-8,10-11,13,16H,4-5,9,12,14H2,(H,20,22);2*1H. The first-order chi connectivity index (χ1) is 25.6. The van der Waals surface area contributed by atoms with Gasteiger partial charge >= 0.3 is 18.2 Å². The van der Waals surface area contributed by atoms with E-state index in [2.05, 4.69) is 20.6 Å². The van der Waals surface area contributed by atoms with Gasteiger partial charge in [-0.1, -0.05) is 36.4 Å². The number of benzene rings is 2. The predicted octanol–water partition coefficient (Wildman–Crippen LogP) is 8.00. The molecule has 5 amide bonds. The summed E-state index contributed by atoms with van der Waals surface area (Å²) < 4.78 is 17.1. The molecule has 2 atom stereocenters. The summed E-state index contributed by atoms with van der Waals surface area (Å²) in [6.07, 6.45) is 9.41. The molecule has 0 saturated carbocycles. The van der Waals surface area contributed by atoms with Gasteiger partial charge in [0.05, 0.1) is 24.5 Å². The highest BCUT2D eigenvalue weighted by Gasteiger charge is 2.35. The first-order valence-corrected chi connectivity index (χ1v) is 17.9. The number of halogens is 2. The summed E-state index contributed by atoms with van der Waals surface area (Å²) in [7, 11) is 0. The van der Waals surface area contributed by atoms with Crippen LogP contribution in [0.2, 0.25) is 0 Å². The zero-order valence-electron chi connectivity index (χ0n) is 31.4. The van der Waals surface area contributed by atoms with Crippen LogP contribution in [-0.2, 0) is 4.74 Å². The lowest BCUT2D eigenvalue weighted by molar-refractivity contribution is 0.00538.